The Labute approximate surface area is 159 Å². The lowest BCUT2D eigenvalue weighted by Gasteiger charge is -2.31. The quantitative estimate of drug-likeness (QED) is 0.575. The molecule has 0 radical (unpaired) electrons. The molecule has 0 amide bonds. The molecule has 2 aromatic rings. The maximum Gasteiger partial charge on any atom is 0.272 e. The van der Waals surface area contributed by atoms with Crippen LogP contribution in [0.25, 0.3) is 0 Å². The Bertz CT molecular complexity index is 960. The van der Waals surface area contributed by atoms with E-state index in [2.05, 4.69) is 5.10 Å². The summed E-state index contributed by atoms with van der Waals surface area (Å²) in [6, 6.07) is 6.01. The maximum atomic E-state index is 12.9. The molecule has 0 saturated carbocycles. The average molecular weight is 392 g/mol. The highest BCUT2D eigenvalue weighted by molar-refractivity contribution is 7.89. The summed E-state index contributed by atoms with van der Waals surface area (Å²) in [5, 5.41) is 15.4. The third-order valence-corrected chi connectivity index (χ3v) is 7.01. The second-order valence-corrected chi connectivity index (χ2v) is 9.10. The van der Waals surface area contributed by atoms with E-state index in [1.807, 2.05) is 24.6 Å². The lowest BCUT2D eigenvalue weighted by molar-refractivity contribution is -0.385. The third-order valence-electron chi connectivity index (χ3n) is 5.11. The number of nitro benzene ring substituents is 1. The molecule has 9 heteroatoms. The Balaban J connectivity index is 1.68. The third kappa shape index (κ3) is 4.03. The Morgan fingerprint density at radius 2 is 1.85 bits per heavy atom. The highest BCUT2D eigenvalue weighted by atomic mass is 32.2. The van der Waals surface area contributed by atoms with Gasteiger partial charge >= 0.3 is 0 Å². The van der Waals surface area contributed by atoms with Gasteiger partial charge in [0.2, 0.25) is 10.0 Å². The molecule has 0 atom stereocenters. The number of nitro groups is 1. The summed E-state index contributed by atoms with van der Waals surface area (Å²) in [6.07, 6.45) is 1.53. The molecular weight excluding hydrogens is 368 g/mol. The Hall–Kier alpha value is -2.26. The van der Waals surface area contributed by atoms with Crippen LogP contribution in [0.3, 0.4) is 0 Å². The lowest BCUT2D eigenvalue weighted by Crippen LogP contribution is -2.39. The Kier molecular flexibility index (Phi) is 5.34. The molecule has 0 N–H and O–H groups in total. The first-order valence-corrected chi connectivity index (χ1v) is 10.4. The lowest BCUT2D eigenvalue weighted by atomic mass is 9.98. The second-order valence-electron chi connectivity index (χ2n) is 7.16. The van der Waals surface area contributed by atoms with E-state index in [-0.39, 0.29) is 10.6 Å². The minimum atomic E-state index is -3.64. The van der Waals surface area contributed by atoms with Gasteiger partial charge in [0.05, 0.1) is 15.5 Å². The van der Waals surface area contributed by atoms with Crippen LogP contribution >= 0.6 is 0 Å². The largest absolute Gasteiger partial charge is 0.272 e. The van der Waals surface area contributed by atoms with Crippen LogP contribution in [0.2, 0.25) is 0 Å². The van der Waals surface area contributed by atoms with Crippen LogP contribution in [0.1, 0.15) is 29.8 Å². The fraction of sp³-hybridized carbons (Fsp3) is 0.500. The molecule has 0 unspecified atom stereocenters. The average Bonchev–Trinajstić information content (AvgIpc) is 2.92. The van der Waals surface area contributed by atoms with Gasteiger partial charge in [0.15, 0.2) is 0 Å². The predicted octanol–water partition coefficient (Wildman–Crippen LogP) is 2.82. The van der Waals surface area contributed by atoms with Crippen molar-refractivity contribution >= 4 is 15.7 Å². The first-order valence-electron chi connectivity index (χ1n) is 8.94. The number of aromatic nitrogens is 2. The zero-order valence-corrected chi connectivity index (χ0v) is 16.6. The zero-order valence-electron chi connectivity index (χ0n) is 15.8. The summed E-state index contributed by atoms with van der Waals surface area (Å²) in [6.45, 7) is 7.23. The summed E-state index contributed by atoms with van der Waals surface area (Å²) >= 11 is 0. The van der Waals surface area contributed by atoms with Crippen LogP contribution in [-0.4, -0.2) is 40.5 Å². The van der Waals surface area contributed by atoms with Crippen LogP contribution in [0, 0.1) is 36.8 Å². The molecule has 3 rings (SSSR count). The van der Waals surface area contributed by atoms with Gasteiger partial charge in [-0.1, -0.05) is 0 Å². The predicted molar refractivity (Wildman–Crippen MR) is 101 cm³/mol. The van der Waals surface area contributed by atoms with Crippen LogP contribution in [0.4, 0.5) is 5.69 Å². The van der Waals surface area contributed by atoms with Crippen molar-refractivity contribution in [3.8, 4) is 0 Å². The van der Waals surface area contributed by atoms with E-state index in [0.717, 1.165) is 30.8 Å². The van der Waals surface area contributed by atoms with E-state index in [1.165, 1.54) is 22.5 Å². The first-order chi connectivity index (χ1) is 12.7. The van der Waals surface area contributed by atoms with Crippen molar-refractivity contribution < 1.29 is 13.3 Å². The van der Waals surface area contributed by atoms with Gasteiger partial charge < -0.3 is 0 Å². The van der Waals surface area contributed by atoms with Crippen molar-refractivity contribution in [1.82, 2.24) is 14.1 Å². The van der Waals surface area contributed by atoms with Crippen molar-refractivity contribution in [1.29, 1.82) is 0 Å². The highest BCUT2D eigenvalue weighted by Gasteiger charge is 2.30. The van der Waals surface area contributed by atoms with Gasteiger partial charge in [0.25, 0.3) is 5.69 Å². The molecule has 2 heterocycles. The van der Waals surface area contributed by atoms with Gasteiger partial charge in [0.1, 0.15) is 0 Å². The molecule has 8 nitrogen and oxygen atoms in total. The van der Waals surface area contributed by atoms with Crippen molar-refractivity contribution in [2.75, 3.05) is 13.1 Å². The van der Waals surface area contributed by atoms with Gasteiger partial charge in [-0.25, -0.2) is 8.42 Å². The van der Waals surface area contributed by atoms with Crippen LogP contribution in [0.15, 0.2) is 29.2 Å². The molecule has 146 valence electrons. The Morgan fingerprint density at radius 1 is 1.19 bits per heavy atom. The van der Waals surface area contributed by atoms with Crippen LogP contribution < -0.4 is 0 Å². The molecular formula is C18H24N4O4S. The summed E-state index contributed by atoms with van der Waals surface area (Å²) in [5.74, 6) is 0.382. The van der Waals surface area contributed by atoms with Gasteiger partial charge in [0, 0.05) is 37.0 Å². The minimum Gasteiger partial charge on any atom is -0.269 e. The molecule has 1 saturated heterocycles. The fourth-order valence-electron chi connectivity index (χ4n) is 3.58. The molecule has 1 aromatic carbocycles. The van der Waals surface area contributed by atoms with Crippen LogP contribution in [0.5, 0.6) is 0 Å². The number of aryl methyl sites for hydroxylation is 3. The summed E-state index contributed by atoms with van der Waals surface area (Å²) in [7, 11) is -3.64. The highest BCUT2D eigenvalue weighted by Crippen LogP contribution is 2.27. The number of nitrogens with zero attached hydrogens (tertiary/aromatic N) is 4. The van der Waals surface area contributed by atoms with Crippen molar-refractivity contribution in [2.24, 2.45) is 5.92 Å². The van der Waals surface area contributed by atoms with E-state index in [0.29, 0.717) is 24.6 Å². The van der Waals surface area contributed by atoms with E-state index in [1.54, 1.807) is 6.92 Å². The molecule has 0 spiro atoms. The smallest absolute Gasteiger partial charge is 0.269 e. The number of rotatable bonds is 5. The zero-order chi connectivity index (χ0) is 19.8. The minimum absolute atomic E-state index is 0.0717. The van der Waals surface area contributed by atoms with Gasteiger partial charge in [-0.15, -0.1) is 0 Å². The number of sulfonamides is 1. The van der Waals surface area contributed by atoms with Gasteiger partial charge in [-0.05, 0) is 57.7 Å². The Morgan fingerprint density at radius 3 is 2.37 bits per heavy atom. The second kappa shape index (κ2) is 7.40. The SMILES string of the molecule is Cc1cc(C)n(CC2CCN(S(=O)(=O)c3ccc([N+](=O)[O-])c(C)c3)CC2)n1. The molecule has 0 bridgehead atoms. The normalized spacial score (nSPS) is 16.6. The number of hydrogen-bond acceptors (Lipinski definition) is 5. The molecule has 0 aliphatic carbocycles. The molecule has 1 fully saturated rings. The molecule has 1 aliphatic rings. The molecule has 1 aromatic heterocycles. The summed E-state index contributed by atoms with van der Waals surface area (Å²) in [5.41, 5.74) is 2.38. The topological polar surface area (TPSA) is 98.3 Å². The van der Waals surface area contributed by atoms with Crippen molar-refractivity contribution in [3.63, 3.8) is 0 Å². The van der Waals surface area contributed by atoms with Gasteiger partial charge in [-0.3, -0.25) is 14.8 Å². The summed E-state index contributed by atoms with van der Waals surface area (Å²) < 4.78 is 29.2. The van der Waals surface area contributed by atoms with Crippen molar-refractivity contribution in [2.45, 2.75) is 45.1 Å². The fourth-order valence-corrected chi connectivity index (χ4v) is 5.13. The van der Waals surface area contributed by atoms with Crippen LogP contribution in [-0.2, 0) is 16.6 Å². The molecule has 1 aliphatic heterocycles. The number of benzene rings is 1. The molecule has 27 heavy (non-hydrogen) atoms. The summed E-state index contributed by atoms with van der Waals surface area (Å²) in [4.78, 5) is 10.5. The number of hydrogen-bond donors (Lipinski definition) is 0. The maximum absolute atomic E-state index is 12.9. The number of piperidine rings is 1. The van der Waals surface area contributed by atoms with Crippen molar-refractivity contribution in [3.05, 3.63) is 51.3 Å². The van der Waals surface area contributed by atoms with E-state index < -0.39 is 14.9 Å². The monoisotopic (exact) mass is 392 g/mol. The standard InChI is InChI=1S/C18H24N4O4S/c1-13-10-17(4-5-18(13)22(23)24)27(25,26)20-8-6-16(7-9-20)12-21-15(3)11-14(2)19-21/h4-5,10-11,16H,6-9,12H2,1-3H3. The van der Waals surface area contributed by atoms with E-state index >= 15 is 0 Å². The van der Waals surface area contributed by atoms with E-state index in [9.17, 15) is 18.5 Å². The van der Waals surface area contributed by atoms with E-state index in [4.69, 9.17) is 0 Å². The first kappa shape index (κ1) is 19.5. The van der Waals surface area contributed by atoms with Gasteiger partial charge in [-0.2, -0.15) is 9.40 Å².